The van der Waals surface area contributed by atoms with Crippen LogP contribution in [-0.4, -0.2) is 15.5 Å². The molecule has 1 aliphatic heterocycles. The third-order valence-electron chi connectivity index (χ3n) is 1.04. The Balaban J connectivity index is 1.98. The molecule has 1 aromatic heterocycles. The van der Waals surface area contributed by atoms with Crippen molar-refractivity contribution >= 4 is 27.7 Å². The van der Waals surface area contributed by atoms with Gasteiger partial charge in [-0.2, -0.15) is 0 Å². The molecule has 0 aliphatic carbocycles. The summed E-state index contributed by atoms with van der Waals surface area (Å²) in [4.78, 5) is 6.67. The summed E-state index contributed by atoms with van der Waals surface area (Å²) in [6.07, 6.45) is 3.30. The first-order valence-electron chi connectivity index (χ1n) is 3.08. The fourth-order valence-corrected chi connectivity index (χ4v) is 1.76. The third kappa shape index (κ3) is 1.83. The molecule has 1 atom stereocenters. The summed E-state index contributed by atoms with van der Waals surface area (Å²) in [6.45, 7) is 0. The van der Waals surface area contributed by atoms with Crippen molar-refractivity contribution in [3.63, 3.8) is 0 Å². The first-order valence-corrected chi connectivity index (χ1v) is 5.25. The molecule has 0 saturated heterocycles. The predicted octanol–water partition coefficient (Wildman–Crippen LogP) is 2.54. The van der Waals surface area contributed by atoms with E-state index in [4.69, 9.17) is 0 Å². The molecule has 0 saturated carbocycles. The average molecular weight is 200 g/mol. The maximum Gasteiger partial charge on any atom is 0.246 e. The van der Waals surface area contributed by atoms with Crippen LogP contribution in [-0.2, 0) is 0 Å². The zero-order valence-electron chi connectivity index (χ0n) is 5.78. The Hall–Kier alpha value is -0.890. The molecule has 0 amide bonds. The van der Waals surface area contributed by atoms with Crippen molar-refractivity contribution in [1.82, 2.24) is 9.97 Å². The molecule has 1 aliphatic rings. The minimum absolute atomic E-state index is 0.222. The number of aromatic amines is 1. The largest absolute Gasteiger partial charge is 0.328 e. The van der Waals surface area contributed by atoms with E-state index in [2.05, 4.69) is 29.8 Å². The lowest BCUT2D eigenvalue weighted by molar-refractivity contribution is 0.863. The van der Waals surface area contributed by atoms with Gasteiger partial charge in [-0.25, -0.2) is 4.98 Å². The Morgan fingerprint density at radius 2 is 2.58 bits per heavy atom. The maximum atomic E-state index is 3.88. The standard InChI is InChI=1S/C4H4N6S2/c1-2-6-3(5-1)7-8-4-9-10-12-11-4/h1-2,4H,(H,5,6). The smallest absolute Gasteiger partial charge is 0.246 e. The van der Waals surface area contributed by atoms with Crippen molar-refractivity contribution in [3.8, 4) is 0 Å². The summed E-state index contributed by atoms with van der Waals surface area (Å²) < 4.78 is 3.68. The van der Waals surface area contributed by atoms with Crippen molar-refractivity contribution in [3.05, 3.63) is 12.4 Å². The highest BCUT2D eigenvalue weighted by atomic mass is 33.1. The van der Waals surface area contributed by atoms with Gasteiger partial charge in [0.25, 0.3) is 0 Å². The minimum Gasteiger partial charge on any atom is -0.328 e. The lowest BCUT2D eigenvalue weighted by Crippen LogP contribution is -1.83. The average Bonchev–Trinajstić information content (AvgIpc) is 2.74. The van der Waals surface area contributed by atoms with Crippen LogP contribution >= 0.6 is 21.8 Å². The number of azo groups is 1. The normalized spacial score (nSPS) is 22.5. The third-order valence-corrected chi connectivity index (χ3v) is 2.63. The van der Waals surface area contributed by atoms with E-state index in [1.807, 2.05) is 0 Å². The van der Waals surface area contributed by atoms with Crippen molar-refractivity contribution in [1.29, 1.82) is 0 Å². The predicted molar refractivity (Wildman–Crippen MR) is 46.9 cm³/mol. The van der Waals surface area contributed by atoms with E-state index in [1.54, 1.807) is 12.4 Å². The highest BCUT2D eigenvalue weighted by Gasteiger charge is 2.11. The van der Waals surface area contributed by atoms with Crippen LogP contribution in [0.1, 0.15) is 0 Å². The summed E-state index contributed by atoms with van der Waals surface area (Å²) in [6, 6.07) is 0. The monoisotopic (exact) mass is 200 g/mol. The minimum atomic E-state index is -0.222. The number of aromatic nitrogens is 2. The van der Waals surface area contributed by atoms with Crippen LogP contribution in [0.25, 0.3) is 0 Å². The number of nitrogens with zero attached hydrogens (tertiary/aromatic N) is 5. The van der Waals surface area contributed by atoms with Crippen LogP contribution in [0.5, 0.6) is 0 Å². The zero-order chi connectivity index (χ0) is 8.23. The number of nitrogens with one attached hydrogen (secondary N) is 1. The van der Waals surface area contributed by atoms with E-state index in [-0.39, 0.29) is 5.50 Å². The fourth-order valence-electron chi connectivity index (χ4n) is 0.595. The topological polar surface area (TPSA) is 78.1 Å². The molecule has 1 aromatic rings. The Bertz CT molecular complexity index is 293. The molecule has 0 radical (unpaired) electrons. The van der Waals surface area contributed by atoms with Crippen LogP contribution in [0.3, 0.4) is 0 Å². The van der Waals surface area contributed by atoms with E-state index >= 15 is 0 Å². The molecule has 2 heterocycles. The molecule has 8 heteroatoms. The van der Waals surface area contributed by atoms with Gasteiger partial charge >= 0.3 is 0 Å². The van der Waals surface area contributed by atoms with Crippen LogP contribution in [0.4, 0.5) is 5.95 Å². The van der Waals surface area contributed by atoms with Gasteiger partial charge in [-0.3, -0.25) is 0 Å². The zero-order valence-corrected chi connectivity index (χ0v) is 7.42. The number of rotatable bonds is 2. The molecule has 0 aromatic carbocycles. The first kappa shape index (κ1) is 7.74. The summed E-state index contributed by atoms with van der Waals surface area (Å²) in [5.74, 6) is 0.489. The van der Waals surface area contributed by atoms with Gasteiger partial charge in [0.15, 0.2) is 0 Å². The van der Waals surface area contributed by atoms with Crippen molar-refractivity contribution in [2.45, 2.75) is 5.50 Å². The van der Waals surface area contributed by atoms with E-state index < -0.39 is 0 Å². The Morgan fingerprint density at radius 3 is 3.25 bits per heavy atom. The quantitative estimate of drug-likeness (QED) is 0.452. The second kappa shape index (κ2) is 3.68. The molecule has 0 bridgehead atoms. The van der Waals surface area contributed by atoms with Crippen LogP contribution in [0.2, 0.25) is 0 Å². The molecule has 0 fully saturated rings. The number of hydrogen-bond donors (Lipinski definition) is 1. The summed E-state index contributed by atoms with van der Waals surface area (Å²) >= 11 is 0. The molecular formula is C4H4N6S2. The summed E-state index contributed by atoms with van der Waals surface area (Å²) in [5, 5.41) is 11.5. The lowest BCUT2D eigenvalue weighted by atomic mass is 11.0. The molecule has 0 spiro atoms. The Kier molecular flexibility index (Phi) is 2.37. The van der Waals surface area contributed by atoms with Gasteiger partial charge in [0.1, 0.15) is 0 Å². The van der Waals surface area contributed by atoms with E-state index in [0.29, 0.717) is 5.95 Å². The number of hydrogen-bond acceptors (Lipinski definition) is 7. The van der Waals surface area contributed by atoms with Crippen LogP contribution in [0.15, 0.2) is 32.3 Å². The fraction of sp³-hybridized carbons (Fsp3) is 0.250. The highest BCUT2D eigenvalue weighted by molar-refractivity contribution is 8.76. The Morgan fingerprint density at radius 1 is 1.58 bits per heavy atom. The van der Waals surface area contributed by atoms with E-state index in [9.17, 15) is 0 Å². The highest BCUT2D eigenvalue weighted by Crippen LogP contribution is 2.36. The SMILES string of the molecule is c1c[nH]c(N=NC2N=NSS2)n1. The molecule has 1 N–H and O–H groups in total. The molecule has 1 unspecified atom stereocenters. The maximum absolute atomic E-state index is 3.88. The van der Waals surface area contributed by atoms with Gasteiger partial charge in [0.05, 0.1) is 11.0 Å². The van der Waals surface area contributed by atoms with Crippen molar-refractivity contribution in [2.24, 2.45) is 19.9 Å². The first-order chi connectivity index (χ1) is 5.95. The van der Waals surface area contributed by atoms with Crippen molar-refractivity contribution in [2.75, 3.05) is 0 Å². The van der Waals surface area contributed by atoms with Gasteiger partial charge in [0.2, 0.25) is 11.4 Å². The van der Waals surface area contributed by atoms with E-state index in [1.165, 1.54) is 21.8 Å². The second-order valence-corrected chi connectivity index (χ2v) is 3.77. The molecule has 6 nitrogen and oxygen atoms in total. The molecular weight excluding hydrogens is 196 g/mol. The van der Waals surface area contributed by atoms with Gasteiger partial charge in [-0.15, -0.1) is 19.9 Å². The van der Waals surface area contributed by atoms with Crippen LogP contribution in [0, 0.1) is 0 Å². The number of imidazole rings is 1. The molecule has 12 heavy (non-hydrogen) atoms. The van der Waals surface area contributed by atoms with Crippen LogP contribution < -0.4 is 0 Å². The Labute approximate surface area is 75.9 Å². The van der Waals surface area contributed by atoms with Gasteiger partial charge < -0.3 is 4.98 Å². The molecule has 62 valence electrons. The summed E-state index contributed by atoms with van der Waals surface area (Å²) in [5.41, 5.74) is -0.222. The summed E-state index contributed by atoms with van der Waals surface area (Å²) in [7, 11) is 2.76. The van der Waals surface area contributed by atoms with E-state index in [0.717, 1.165) is 0 Å². The molecule has 2 rings (SSSR count). The second-order valence-electron chi connectivity index (χ2n) is 1.82. The van der Waals surface area contributed by atoms with Gasteiger partial charge in [-0.1, -0.05) is 0 Å². The van der Waals surface area contributed by atoms with Gasteiger partial charge in [-0.05, 0) is 10.8 Å². The number of H-pyrrole nitrogens is 1. The van der Waals surface area contributed by atoms with Crippen molar-refractivity contribution < 1.29 is 0 Å². The van der Waals surface area contributed by atoms with Gasteiger partial charge in [0, 0.05) is 12.4 Å². The lowest BCUT2D eigenvalue weighted by Gasteiger charge is -1.89.